The van der Waals surface area contributed by atoms with Gasteiger partial charge in [0.2, 0.25) is 0 Å². The van der Waals surface area contributed by atoms with Gasteiger partial charge in [-0.1, -0.05) is 29.8 Å². The molecule has 0 amide bonds. The Kier molecular flexibility index (Phi) is 8.94. The number of rotatable bonds is 10. The summed E-state index contributed by atoms with van der Waals surface area (Å²) in [5.74, 6) is -1.81. The fraction of sp³-hybridized carbons (Fsp3) is 0.192. The van der Waals surface area contributed by atoms with Gasteiger partial charge in [0.1, 0.15) is 28.0 Å². The Morgan fingerprint density at radius 1 is 1.05 bits per heavy atom. The minimum absolute atomic E-state index is 0.0164. The number of thiazole rings is 1. The zero-order valence-electron chi connectivity index (χ0n) is 21.2. The van der Waals surface area contributed by atoms with Crippen LogP contribution in [0.25, 0.3) is 0 Å². The van der Waals surface area contributed by atoms with Gasteiger partial charge in [-0.05, 0) is 30.3 Å². The summed E-state index contributed by atoms with van der Waals surface area (Å²) < 4.78 is 110. The largest absolute Gasteiger partial charge is 0.497 e. The molecule has 1 N–H and O–H groups in total. The minimum atomic E-state index is -5.01. The number of alkyl halides is 3. The first-order chi connectivity index (χ1) is 19.4. The van der Waals surface area contributed by atoms with E-state index in [-0.39, 0.29) is 17.4 Å². The third-order valence-electron chi connectivity index (χ3n) is 5.87. The Bertz CT molecular complexity index is 1640. The second kappa shape index (κ2) is 12.1. The second-order valence-corrected chi connectivity index (χ2v) is 11.5. The topological polar surface area (TPSA) is 80.8 Å². The van der Waals surface area contributed by atoms with Crippen LogP contribution in [0.2, 0.25) is 5.02 Å². The van der Waals surface area contributed by atoms with Crippen molar-refractivity contribution in [3.05, 3.63) is 94.0 Å². The van der Waals surface area contributed by atoms with Crippen LogP contribution in [0.4, 0.5) is 32.8 Å². The van der Waals surface area contributed by atoms with Gasteiger partial charge in [-0.25, -0.2) is 26.5 Å². The number of halogens is 6. The average Bonchev–Trinajstić information content (AvgIpc) is 3.46. The molecular formula is C26H21ClF5N3O4S2. The molecule has 1 heterocycles. The molecule has 3 aromatic carbocycles. The maximum Gasteiger partial charge on any atom is 0.412 e. The lowest BCUT2D eigenvalue weighted by Gasteiger charge is -2.25. The van der Waals surface area contributed by atoms with Crippen LogP contribution >= 0.6 is 22.9 Å². The van der Waals surface area contributed by atoms with Crippen molar-refractivity contribution in [3.63, 3.8) is 0 Å². The van der Waals surface area contributed by atoms with Crippen molar-refractivity contribution < 1.29 is 39.8 Å². The number of aromatic nitrogens is 1. The number of nitrogens with one attached hydrogen (secondary N) is 1. The summed E-state index contributed by atoms with van der Waals surface area (Å²) in [7, 11) is -1.90. The molecule has 0 saturated heterocycles. The van der Waals surface area contributed by atoms with E-state index in [1.165, 1.54) is 44.0 Å². The van der Waals surface area contributed by atoms with E-state index < -0.39 is 55.0 Å². The molecule has 0 fully saturated rings. The van der Waals surface area contributed by atoms with Gasteiger partial charge in [-0.3, -0.25) is 0 Å². The standard InChI is InChI=1S/C26H21ClF5N3O4S2/c1-38-16-8-7-15(22(11-16)39-2)14-35(25-33-9-10-40-25)41(36,37)23-12-18(27)21(13-20(23)29)34-24(26(30,31)32)17-5-3-4-6-19(17)28/h3-13,24,34H,14H2,1-2H3/t24-/m1/s1. The van der Waals surface area contributed by atoms with Crippen LogP contribution in [0.1, 0.15) is 17.2 Å². The van der Waals surface area contributed by atoms with E-state index in [1.54, 1.807) is 12.1 Å². The molecule has 41 heavy (non-hydrogen) atoms. The number of methoxy groups -OCH3 is 2. The predicted octanol–water partition coefficient (Wildman–Crippen LogP) is 7.20. The van der Waals surface area contributed by atoms with Crippen LogP contribution in [0, 0.1) is 11.6 Å². The molecule has 0 saturated carbocycles. The van der Waals surface area contributed by atoms with Crippen molar-refractivity contribution in [2.24, 2.45) is 0 Å². The second-order valence-electron chi connectivity index (χ2n) is 8.41. The molecule has 4 aromatic rings. The fourth-order valence-electron chi connectivity index (χ4n) is 3.89. The number of sulfonamides is 1. The normalized spacial score (nSPS) is 12.6. The van der Waals surface area contributed by atoms with Gasteiger partial charge >= 0.3 is 6.18 Å². The molecule has 0 spiro atoms. The molecule has 1 atom stereocenters. The lowest BCUT2D eigenvalue weighted by Crippen LogP contribution is -2.31. The van der Waals surface area contributed by atoms with E-state index in [0.29, 0.717) is 23.4 Å². The summed E-state index contributed by atoms with van der Waals surface area (Å²) in [6, 6.07) is 7.47. The average molecular weight is 634 g/mol. The Hall–Kier alpha value is -3.62. The van der Waals surface area contributed by atoms with Crippen LogP contribution in [0.15, 0.2) is 71.1 Å². The number of anilines is 2. The SMILES string of the molecule is COc1ccc(CN(c2nccs2)S(=O)(=O)c2cc(Cl)c(N[C@H](c3ccccc3F)C(F)(F)F)cc2F)c(OC)c1. The van der Waals surface area contributed by atoms with Gasteiger partial charge < -0.3 is 14.8 Å². The van der Waals surface area contributed by atoms with Crippen molar-refractivity contribution in [1.82, 2.24) is 4.98 Å². The maximum atomic E-state index is 15.4. The van der Waals surface area contributed by atoms with E-state index in [4.69, 9.17) is 21.1 Å². The lowest BCUT2D eigenvalue weighted by molar-refractivity contribution is -0.144. The number of benzene rings is 3. The fourth-order valence-corrected chi connectivity index (χ4v) is 6.51. The molecule has 15 heteroatoms. The number of hydrogen-bond acceptors (Lipinski definition) is 7. The van der Waals surface area contributed by atoms with Crippen LogP contribution in [0.5, 0.6) is 11.5 Å². The van der Waals surface area contributed by atoms with Crippen molar-refractivity contribution in [2.45, 2.75) is 23.7 Å². The molecule has 0 aliphatic rings. The van der Waals surface area contributed by atoms with Crippen LogP contribution in [-0.4, -0.2) is 33.8 Å². The third-order valence-corrected chi connectivity index (χ3v) is 8.85. The van der Waals surface area contributed by atoms with Gasteiger partial charge in [0.05, 0.1) is 31.5 Å². The molecule has 218 valence electrons. The highest BCUT2D eigenvalue weighted by atomic mass is 35.5. The predicted molar refractivity (Wildman–Crippen MR) is 145 cm³/mol. The zero-order chi connectivity index (χ0) is 29.9. The van der Waals surface area contributed by atoms with Gasteiger partial charge in [0.25, 0.3) is 10.0 Å². The summed E-state index contributed by atoms with van der Waals surface area (Å²) >= 11 is 7.14. The summed E-state index contributed by atoms with van der Waals surface area (Å²) in [5, 5.41) is 2.95. The van der Waals surface area contributed by atoms with Crippen LogP contribution in [-0.2, 0) is 16.6 Å². The maximum absolute atomic E-state index is 15.4. The van der Waals surface area contributed by atoms with Crippen LogP contribution in [0.3, 0.4) is 0 Å². The molecule has 0 unspecified atom stereocenters. The first-order valence-corrected chi connectivity index (χ1v) is 14.3. The van der Waals surface area contributed by atoms with Crippen LogP contribution < -0.4 is 19.1 Å². The van der Waals surface area contributed by atoms with E-state index in [9.17, 15) is 26.0 Å². The first kappa shape index (κ1) is 30.3. The number of ether oxygens (including phenoxy) is 2. The van der Waals surface area contributed by atoms with Gasteiger partial charge in [0.15, 0.2) is 11.2 Å². The molecule has 4 rings (SSSR count). The Labute approximate surface area is 241 Å². The highest BCUT2D eigenvalue weighted by molar-refractivity contribution is 7.93. The molecule has 1 aromatic heterocycles. The minimum Gasteiger partial charge on any atom is -0.497 e. The molecule has 0 aliphatic carbocycles. The highest BCUT2D eigenvalue weighted by Gasteiger charge is 2.43. The molecule has 7 nitrogen and oxygen atoms in total. The summed E-state index contributed by atoms with van der Waals surface area (Å²) in [5.41, 5.74) is -0.961. The lowest BCUT2D eigenvalue weighted by atomic mass is 10.1. The summed E-state index contributed by atoms with van der Waals surface area (Å²) in [6.45, 7) is -0.344. The van der Waals surface area contributed by atoms with Crippen molar-refractivity contribution in [3.8, 4) is 11.5 Å². The monoisotopic (exact) mass is 633 g/mol. The van der Waals surface area contributed by atoms with E-state index in [2.05, 4.69) is 4.98 Å². The number of nitrogens with zero attached hydrogens (tertiary/aromatic N) is 2. The Morgan fingerprint density at radius 2 is 1.78 bits per heavy atom. The number of hydrogen-bond donors (Lipinski definition) is 1. The molecule has 0 bridgehead atoms. The summed E-state index contributed by atoms with van der Waals surface area (Å²) in [4.78, 5) is 3.13. The van der Waals surface area contributed by atoms with Crippen molar-refractivity contribution in [2.75, 3.05) is 23.8 Å². The quantitative estimate of drug-likeness (QED) is 0.186. The Balaban J connectivity index is 1.75. The zero-order valence-corrected chi connectivity index (χ0v) is 23.6. The first-order valence-electron chi connectivity index (χ1n) is 11.6. The van der Waals surface area contributed by atoms with Gasteiger partial charge in [-0.2, -0.15) is 13.2 Å². The van der Waals surface area contributed by atoms with Crippen molar-refractivity contribution >= 4 is 43.8 Å². The van der Waals surface area contributed by atoms with E-state index >= 15 is 4.39 Å². The smallest absolute Gasteiger partial charge is 0.412 e. The Morgan fingerprint density at radius 3 is 2.39 bits per heavy atom. The third kappa shape index (κ3) is 6.49. The van der Waals surface area contributed by atoms with Crippen molar-refractivity contribution in [1.29, 1.82) is 0 Å². The molecular weight excluding hydrogens is 613 g/mol. The molecule has 0 aliphatic heterocycles. The molecule has 0 radical (unpaired) electrons. The van der Waals surface area contributed by atoms with E-state index in [0.717, 1.165) is 27.8 Å². The van der Waals surface area contributed by atoms with E-state index in [1.807, 2.05) is 5.32 Å². The highest BCUT2D eigenvalue weighted by Crippen LogP contribution is 2.40. The van der Waals surface area contributed by atoms with Gasteiger partial charge in [-0.15, -0.1) is 11.3 Å². The van der Waals surface area contributed by atoms with Gasteiger partial charge in [0, 0.05) is 28.8 Å². The summed E-state index contributed by atoms with van der Waals surface area (Å²) in [6.07, 6.45) is -3.66.